The van der Waals surface area contributed by atoms with Crippen molar-refractivity contribution >= 4 is 27.6 Å². The molecule has 1 saturated heterocycles. The zero-order valence-electron chi connectivity index (χ0n) is 20.8. The van der Waals surface area contributed by atoms with Crippen molar-refractivity contribution in [3.63, 3.8) is 0 Å². The third-order valence-corrected chi connectivity index (χ3v) is 8.73. The first-order chi connectivity index (χ1) is 17.2. The van der Waals surface area contributed by atoms with Crippen molar-refractivity contribution in [1.29, 1.82) is 0 Å². The first kappa shape index (κ1) is 26.0. The van der Waals surface area contributed by atoms with Crippen molar-refractivity contribution in [2.75, 3.05) is 39.2 Å². The highest BCUT2D eigenvalue weighted by molar-refractivity contribution is 7.89. The van der Waals surface area contributed by atoms with Gasteiger partial charge in [0.2, 0.25) is 15.9 Å². The molecule has 0 unspecified atom stereocenters. The van der Waals surface area contributed by atoms with E-state index in [4.69, 9.17) is 14.2 Å². The summed E-state index contributed by atoms with van der Waals surface area (Å²) in [6.07, 6.45) is 2.67. The summed E-state index contributed by atoms with van der Waals surface area (Å²) in [5, 5.41) is 2.90. The number of sulfonamides is 1. The number of nitrogens with zero attached hydrogens (tertiary/aromatic N) is 1. The molecule has 1 amide bonds. The molecule has 2 aromatic carbocycles. The summed E-state index contributed by atoms with van der Waals surface area (Å²) < 4.78 is 43.6. The molecule has 10 heteroatoms. The minimum Gasteiger partial charge on any atom is -0.493 e. The second-order valence-electron chi connectivity index (χ2n) is 9.09. The number of piperidine rings is 1. The van der Waals surface area contributed by atoms with E-state index in [0.29, 0.717) is 43.2 Å². The Kier molecular flexibility index (Phi) is 7.56. The van der Waals surface area contributed by atoms with Crippen molar-refractivity contribution in [2.45, 2.75) is 42.9 Å². The van der Waals surface area contributed by atoms with Gasteiger partial charge in [-0.25, -0.2) is 8.42 Å². The van der Waals surface area contributed by atoms with Gasteiger partial charge >= 0.3 is 5.97 Å². The number of esters is 1. The van der Waals surface area contributed by atoms with E-state index in [1.807, 2.05) is 12.1 Å². The maximum Gasteiger partial charge on any atom is 0.316 e. The minimum absolute atomic E-state index is 0.0898. The monoisotopic (exact) mass is 516 g/mol. The summed E-state index contributed by atoms with van der Waals surface area (Å²) in [6, 6.07) is 11.7. The predicted molar refractivity (Wildman–Crippen MR) is 134 cm³/mol. The highest BCUT2D eigenvalue weighted by Gasteiger charge is 2.52. The normalized spacial score (nSPS) is 19.2. The van der Waals surface area contributed by atoms with Crippen LogP contribution in [0.5, 0.6) is 11.5 Å². The Morgan fingerprint density at radius 3 is 2.36 bits per heavy atom. The molecule has 0 aromatic heterocycles. The molecule has 1 aliphatic carbocycles. The summed E-state index contributed by atoms with van der Waals surface area (Å²) >= 11 is 0. The minimum atomic E-state index is -3.81. The quantitative estimate of drug-likeness (QED) is 0.509. The van der Waals surface area contributed by atoms with Crippen LogP contribution in [0.1, 0.15) is 38.2 Å². The average Bonchev–Trinajstić information content (AvgIpc) is 3.71. The Labute approximate surface area is 211 Å². The third kappa shape index (κ3) is 5.05. The van der Waals surface area contributed by atoms with E-state index in [-0.39, 0.29) is 23.3 Å². The van der Waals surface area contributed by atoms with Gasteiger partial charge in [0.25, 0.3) is 0 Å². The summed E-state index contributed by atoms with van der Waals surface area (Å²) in [7, 11) is -0.881. The molecule has 2 fully saturated rings. The number of methoxy groups -OCH3 is 2. The summed E-state index contributed by atoms with van der Waals surface area (Å²) in [5.41, 5.74) is 0.910. The molecular weight excluding hydrogens is 484 g/mol. The van der Waals surface area contributed by atoms with E-state index < -0.39 is 21.4 Å². The maximum atomic E-state index is 13.3. The summed E-state index contributed by atoms with van der Waals surface area (Å²) in [6.45, 7) is 2.56. The number of nitrogens with one attached hydrogen (secondary N) is 1. The van der Waals surface area contributed by atoms with Gasteiger partial charge in [-0.2, -0.15) is 4.31 Å². The molecular formula is C26H32N2O7S. The Morgan fingerprint density at radius 1 is 1.06 bits per heavy atom. The summed E-state index contributed by atoms with van der Waals surface area (Å²) in [5.74, 6) is -0.165. The van der Waals surface area contributed by atoms with Crippen molar-refractivity contribution in [3.05, 3.63) is 48.0 Å². The fourth-order valence-electron chi connectivity index (χ4n) is 4.62. The zero-order chi connectivity index (χ0) is 25.9. The van der Waals surface area contributed by atoms with Crippen LogP contribution in [-0.2, 0) is 29.8 Å². The van der Waals surface area contributed by atoms with Crippen LogP contribution in [0, 0.1) is 5.92 Å². The molecule has 0 bridgehead atoms. The molecule has 2 aromatic rings. The first-order valence-electron chi connectivity index (χ1n) is 12.1. The van der Waals surface area contributed by atoms with Crippen molar-refractivity contribution in [3.8, 4) is 11.5 Å². The van der Waals surface area contributed by atoms with Crippen LogP contribution < -0.4 is 14.8 Å². The Hall–Kier alpha value is -3.11. The molecule has 1 aliphatic heterocycles. The van der Waals surface area contributed by atoms with Gasteiger partial charge in [-0.15, -0.1) is 0 Å². The topological polar surface area (TPSA) is 111 Å². The van der Waals surface area contributed by atoms with Crippen LogP contribution in [0.3, 0.4) is 0 Å². The number of amides is 1. The molecule has 9 nitrogen and oxygen atoms in total. The number of benzene rings is 2. The van der Waals surface area contributed by atoms with Crippen LogP contribution in [-0.4, -0.2) is 58.5 Å². The predicted octanol–water partition coefficient (Wildman–Crippen LogP) is 3.34. The van der Waals surface area contributed by atoms with E-state index in [1.165, 1.54) is 30.7 Å². The first-order valence-corrected chi connectivity index (χ1v) is 13.5. The number of hydrogen-bond acceptors (Lipinski definition) is 7. The van der Waals surface area contributed by atoms with E-state index >= 15 is 0 Å². The summed E-state index contributed by atoms with van der Waals surface area (Å²) in [4.78, 5) is 25.4. The fraction of sp³-hybridized carbons (Fsp3) is 0.462. The lowest BCUT2D eigenvalue weighted by Gasteiger charge is -2.31. The number of rotatable bonds is 9. The van der Waals surface area contributed by atoms with Crippen LogP contribution in [0.25, 0.3) is 0 Å². The standard InChI is InChI=1S/C26H32N2O7S/c1-4-35-25(30)26(13-14-26)19-7-9-20(10-8-19)27-24(29)18-6-5-15-28(17-18)36(31,32)21-11-12-22(33-2)23(16-21)34-3/h7-12,16,18H,4-6,13-15,17H2,1-3H3,(H,27,29)/t18-/m1/s1. The van der Waals surface area contributed by atoms with Gasteiger partial charge in [-0.3, -0.25) is 9.59 Å². The molecule has 194 valence electrons. The van der Waals surface area contributed by atoms with Crippen molar-refractivity contribution in [2.24, 2.45) is 5.92 Å². The van der Waals surface area contributed by atoms with Gasteiger partial charge in [0.15, 0.2) is 11.5 Å². The molecule has 1 saturated carbocycles. The highest BCUT2D eigenvalue weighted by atomic mass is 32.2. The third-order valence-electron chi connectivity index (χ3n) is 6.87. The second-order valence-corrected chi connectivity index (χ2v) is 11.0. The Morgan fingerprint density at radius 2 is 1.75 bits per heavy atom. The number of ether oxygens (including phenoxy) is 3. The number of carbonyl (C=O) groups excluding carboxylic acids is 2. The van der Waals surface area contributed by atoms with Gasteiger partial charge in [0.05, 0.1) is 37.1 Å². The largest absolute Gasteiger partial charge is 0.493 e. The van der Waals surface area contributed by atoms with E-state index in [2.05, 4.69) is 5.32 Å². The number of carbonyl (C=O) groups is 2. The molecule has 1 N–H and O–H groups in total. The molecule has 1 heterocycles. The second kappa shape index (κ2) is 10.5. The smallest absolute Gasteiger partial charge is 0.316 e. The van der Waals surface area contributed by atoms with E-state index in [0.717, 1.165) is 18.4 Å². The lowest BCUT2D eigenvalue weighted by molar-refractivity contribution is -0.146. The Balaban J connectivity index is 1.42. The van der Waals surface area contributed by atoms with Crippen LogP contribution in [0.2, 0.25) is 0 Å². The SMILES string of the molecule is CCOC(=O)C1(c2ccc(NC(=O)[C@@H]3CCCN(S(=O)(=O)c4ccc(OC)c(OC)c4)C3)cc2)CC1. The lowest BCUT2D eigenvalue weighted by Crippen LogP contribution is -2.43. The maximum absolute atomic E-state index is 13.3. The highest BCUT2D eigenvalue weighted by Crippen LogP contribution is 2.49. The molecule has 1 atom stereocenters. The molecule has 36 heavy (non-hydrogen) atoms. The van der Waals surface area contributed by atoms with Gasteiger partial charge in [-0.05, 0) is 62.4 Å². The van der Waals surface area contributed by atoms with E-state index in [1.54, 1.807) is 25.1 Å². The molecule has 2 aliphatic rings. The molecule has 0 spiro atoms. The van der Waals surface area contributed by atoms with Crippen molar-refractivity contribution in [1.82, 2.24) is 4.31 Å². The van der Waals surface area contributed by atoms with Gasteiger partial charge in [-0.1, -0.05) is 12.1 Å². The Bertz CT molecular complexity index is 1220. The fourth-order valence-corrected chi connectivity index (χ4v) is 6.16. The molecule has 0 radical (unpaired) electrons. The van der Waals surface area contributed by atoms with Gasteiger partial charge in [0, 0.05) is 24.8 Å². The zero-order valence-corrected chi connectivity index (χ0v) is 21.6. The van der Waals surface area contributed by atoms with Gasteiger partial charge in [0.1, 0.15) is 0 Å². The van der Waals surface area contributed by atoms with Gasteiger partial charge < -0.3 is 19.5 Å². The van der Waals surface area contributed by atoms with Crippen LogP contribution in [0.4, 0.5) is 5.69 Å². The number of hydrogen-bond donors (Lipinski definition) is 1. The van der Waals surface area contributed by atoms with Crippen molar-refractivity contribution < 1.29 is 32.2 Å². The average molecular weight is 517 g/mol. The van der Waals surface area contributed by atoms with E-state index in [9.17, 15) is 18.0 Å². The molecule has 4 rings (SSSR count). The van der Waals surface area contributed by atoms with Crippen LogP contribution in [0.15, 0.2) is 47.4 Å². The number of anilines is 1. The van der Waals surface area contributed by atoms with Crippen LogP contribution >= 0.6 is 0 Å². The lowest BCUT2D eigenvalue weighted by atomic mass is 9.95.